The van der Waals surface area contributed by atoms with Crippen molar-refractivity contribution >= 4 is 17.2 Å². The maximum atomic E-state index is 5.47. The van der Waals surface area contributed by atoms with Crippen LogP contribution in [0.25, 0.3) is 16.9 Å². The highest BCUT2D eigenvalue weighted by Gasteiger charge is 2.19. The van der Waals surface area contributed by atoms with Crippen LogP contribution in [0.1, 0.15) is 19.5 Å². The predicted molar refractivity (Wildman–Crippen MR) is 103 cm³/mol. The number of ether oxygens (including phenoxy) is 1. The van der Waals surface area contributed by atoms with Crippen molar-refractivity contribution in [3.05, 3.63) is 36.5 Å². The van der Waals surface area contributed by atoms with Gasteiger partial charge in [0.1, 0.15) is 12.1 Å². The number of hydrogen-bond donors (Lipinski definition) is 1. The van der Waals surface area contributed by atoms with Gasteiger partial charge in [0.2, 0.25) is 0 Å². The van der Waals surface area contributed by atoms with E-state index in [1.54, 1.807) is 0 Å². The second kappa shape index (κ2) is 6.92. The van der Waals surface area contributed by atoms with Gasteiger partial charge in [-0.2, -0.15) is 0 Å². The molecular weight excluding hydrogens is 328 g/mol. The summed E-state index contributed by atoms with van der Waals surface area (Å²) in [6, 6.07) is 4.41. The topological polar surface area (TPSA) is 67.6 Å². The van der Waals surface area contributed by atoms with Crippen LogP contribution in [0.2, 0.25) is 0 Å². The number of nitrogens with one attached hydrogen (secondary N) is 1. The Balaban J connectivity index is 1.80. The number of aromatic nitrogens is 4. The van der Waals surface area contributed by atoms with Gasteiger partial charge >= 0.3 is 0 Å². The molecule has 1 saturated heterocycles. The molecule has 0 bridgehead atoms. The first-order valence-electron chi connectivity index (χ1n) is 9.02. The molecule has 7 heteroatoms. The van der Waals surface area contributed by atoms with E-state index in [0.717, 1.165) is 60.4 Å². The fourth-order valence-corrected chi connectivity index (χ4v) is 3.40. The highest BCUT2D eigenvalue weighted by atomic mass is 16.5. The van der Waals surface area contributed by atoms with Gasteiger partial charge in [0.25, 0.3) is 0 Å². The van der Waals surface area contributed by atoms with Crippen molar-refractivity contribution < 1.29 is 4.74 Å². The Labute approximate surface area is 153 Å². The first kappa shape index (κ1) is 16.8. The van der Waals surface area contributed by atoms with E-state index in [0.29, 0.717) is 6.04 Å². The molecule has 4 rings (SSSR count). The average Bonchev–Trinajstić information content (AvgIpc) is 2.98. The normalized spacial score (nSPS) is 15.0. The summed E-state index contributed by atoms with van der Waals surface area (Å²) >= 11 is 0. The molecule has 1 aliphatic rings. The molecule has 3 aromatic heterocycles. The molecule has 3 aromatic rings. The fourth-order valence-electron chi connectivity index (χ4n) is 3.40. The predicted octanol–water partition coefficient (Wildman–Crippen LogP) is 2.76. The number of nitrogens with zero attached hydrogens (tertiary/aromatic N) is 5. The van der Waals surface area contributed by atoms with Crippen LogP contribution in [0.4, 0.5) is 11.5 Å². The Kier molecular flexibility index (Phi) is 4.46. The summed E-state index contributed by atoms with van der Waals surface area (Å²) < 4.78 is 7.55. The number of rotatable bonds is 4. The van der Waals surface area contributed by atoms with Crippen LogP contribution in [0, 0.1) is 6.92 Å². The van der Waals surface area contributed by atoms with E-state index >= 15 is 0 Å². The van der Waals surface area contributed by atoms with Gasteiger partial charge in [0.05, 0.1) is 36.5 Å². The van der Waals surface area contributed by atoms with Gasteiger partial charge in [-0.1, -0.05) is 0 Å². The Hall–Kier alpha value is -2.67. The summed E-state index contributed by atoms with van der Waals surface area (Å²) in [6.07, 6.45) is 5.57. The van der Waals surface area contributed by atoms with Crippen molar-refractivity contribution in [3.8, 4) is 11.3 Å². The minimum atomic E-state index is 0.329. The zero-order chi connectivity index (χ0) is 18.1. The molecule has 1 aliphatic heterocycles. The van der Waals surface area contributed by atoms with E-state index in [4.69, 9.17) is 9.72 Å². The Morgan fingerprint density at radius 3 is 2.81 bits per heavy atom. The molecule has 1 N–H and O–H groups in total. The van der Waals surface area contributed by atoms with Crippen LogP contribution in [-0.2, 0) is 4.74 Å². The van der Waals surface area contributed by atoms with Crippen LogP contribution >= 0.6 is 0 Å². The highest BCUT2D eigenvalue weighted by Crippen LogP contribution is 2.30. The van der Waals surface area contributed by atoms with Crippen LogP contribution in [0.3, 0.4) is 0 Å². The molecule has 0 atom stereocenters. The number of fused-ring (bicyclic) bond motifs is 1. The number of imidazole rings is 1. The summed E-state index contributed by atoms with van der Waals surface area (Å²) in [5, 5.41) is 3.36. The minimum Gasteiger partial charge on any atom is -0.378 e. The van der Waals surface area contributed by atoms with Crippen molar-refractivity contribution in [1.82, 2.24) is 19.4 Å². The van der Waals surface area contributed by atoms with Crippen molar-refractivity contribution in [1.29, 1.82) is 0 Å². The Morgan fingerprint density at radius 1 is 1.23 bits per heavy atom. The van der Waals surface area contributed by atoms with Crippen LogP contribution in [0.5, 0.6) is 0 Å². The second-order valence-electron chi connectivity index (χ2n) is 6.85. The molecule has 7 nitrogen and oxygen atoms in total. The lowest BCUT2D eigenvalue weighted by atomic mass is 10.1. The van der Waals surface area contributed by atoms with Gasteiger partial charge in [0, 0.05) is 30.9 Å². The van der Waals surface area contributed by atoms with Crippen LogP contribution in [0.15, 0.2) is 30.9 Å². The van der Waals surface area contributed by atoms with Gasteiger partial charge in [-0.3, -0.25) is 4.40 Å². The van der Waals surface area contributed by atoms with E-state index in [9.17, 15) is 0 Å². The third-order valence-electron chi connectivity index (χ3n) is 4.52. The SMILES string of the molecule is Cc1nc2c(N3CCOCC3)cncn2c1-c1ccnc(NC(C)C)c1. The minimum absolute atomic E-state index is 0.329. The van der Waals surface area contributed by atoms with E-state index in [1.165, 1.54) is 0 Å². The van der Waals surface area contributed by atoms with Crippen LogP contribution in [-0.4, -0.2) is 51.7 Å². The molecular formula is C19H24N6O. The summed E-state index contributed by atoms with van der Waals surface area (Å²) in [7, 11) is 0. The third kappa shape index (κ3) is 3.10. The molecule has 0 radical (unpaired) electrons. The molecule has 0 unspecified atom stereocenters. The standard InChI is InChI=1S/C19H24N6O/c1-13(2)22-17-10-15(4-5-21-17)18-14(3)23-19-16(11-20-12-25(18)19)24-6-8-26-9-7-24/h4-5,10-13H,6-9H2,1-3H3,(H,21,22). The first-order valence-corrected chi connectivity index (χ1v) is 9.02. The molecule has 26 heavy (non-hydrogen) atoms. The lowest BCUT2D eigenvalue weighted by Gasteiger charge is -2.28. The van der Waals surface area contributed by atoms with E-state index in [2.05, 4.69) is 44.5 Å². The van der Waals surface area contributed by atoms with Gasteiger partial charge in [-0.15, -0.1) is 0 Å². The summed E-state index contributed by atoms with van der Waals surface area (Å²) in [4.78, 5) is 16.0. The quantitative estimate of drug-likeness (QED) is 0.779. The van der Waals surface area contributed by atoms with Gasteiger partial charge in [-0.25, -0.2) is 15.0 Å². The Bertz CT molecular complexity index is 914. The molecule has 0 spiro atoms. The van der Waals surface area contributed by atoms with Crippen molar-refractivity contribution in [2.45, 2.75) is 26.8 Å². The van der Waals surface area contributed by atoms with Gasteiger partial charge in [0.15, 0.2) is 5.65 Å². The molecule has 1 fully saturated rings. The van der Waals surface area contributed by atoms with Crippen molar-refractivity contribution in [3.63, 3.8) is 0 Å². The largest absolute Gasteiger partial charge is 0.378 e. The first-order chi connectivity index (χ1) is 12.6. The fraction of sp³-hybridized carbons (Fsp3) is 0.421. The second-order valence-corrected chi connectivity index (χ2v) is 6.85. The maximum absolute atomic E-state index is 5.47. The molecule has 136 valence electrons. The number of aryl methyl sites for hydroxylation is 1. The zero-order valence-electron chi connectivity index (χ0n) is 15.4. The van der Waals surface area contributed by atoms with Crippen LogP contribution < -0.4 is 10.2 Å². The van der Waals surface area contributed by atoms with Gasteiger partial charge in [-0.05, 0) is 32.9 Å². The summed E-state index contributed by atoms with van der Waals surface area (Å²) in [5.74, 6) is 0.865. The molecule has 4 heterocycles. The lowest BCUT2D eigenvalue weighted by Crippen LogP contribution is -2.36. The van der Waals surface area contributed by atoms with Crippen molar-refractivity contribution in [2.24, 2.45) is 0 Å². The number of morpholine rings is 1. The number of hydrogen-bond acceptors (Lipinski definition) is 6. The Morgan fingerprint density at radius 2 is 2.04 bits per heavy atom. The third-order valence-corrected chi connectivity index (χ3v) is 4.52. The zero-order valence-corrected chi connectivity index (χ0v) is 15.4. The smallest absolute Gasteiger partial charge is 0.164 e. The monoisotopic (exact) mass is 352 g/mol. The van der Waals surface area contributed by atoms with Gasteiger partial charge < -0.3 is 15.0 Å². The molecule has 0 amide bonds. The lowest BCUT2D eigenvalue weighted by molar-refractivity contribution is 0.123. The number of anilines is 2. The van der Waals surface area contributed by atoms with E-state index in [-0.39, 0.29) is 0 Å². The van der Waals surface area contributed by atoms with E-state index < -0.39 is 0 Å². The summed E-state index contributed by atoms with van der Waals surface area (Å²) in [6.45, 7) is 9.45. The molecule has 0 aromatic carbocycles. The van der Waals surface area contributed by atoms with E-state index in [1.807, 2.05) is 31.7 Å². The summed E-state index contributed by atoms with van der Waals surface area (Å²) in [5.41, 5.74) is 5.10. The molecule has 0 aliphatic carbocycles. The van der Waals surface area contributed by atoms with Crippen molar-refractivity contribution in [2.75, 3.05) is 36.5 Å². The molecule has 0 saturated carbocycles. The number of pyridine rings is 1. The highest BCUT2D eigenvalue weighted by molar-refractivity contribution is 5.76. The maximum Gasteiger partial charge on any atom is 0.164 e. The average molecular weight is 352 g/mol.